The molecule has 0 saturated carbocycles. The van der Waals surface area contributed by atoms with E-state index in [1.165, 1.54) is 0 Å². The predicted molar refractivity (Wildman–Crippen MR) is 69.8 cm³/mol. The molecular formula is C15H12ClF3. The lowest BCUT2D eigenvalue weighted by Crippen LogP contribution is -2.00. The topological polar surface area (TPSA) is 0 Å². The highest BCUT2D eigenvalue weighted by Gasteiger charge is 2.16. The molecule has 0 aliphatic carbocycles. The average molecular weight is 285 g/mol. The van der Waals surface area contributed by atoms with Crippen LogP contribution in [0.5, 0.6) is 0 Å². The van der Waals surface area contributed by atoms with Crippen molar-refractivity contribution in [2.45, 2.75) is 18.7 Å². The summed E-state index contributed by atoms with van der Waals surface area (Å²) in [6, 6.07) is 9.55. The van der Waals surface area contributed by atoms with Crippen molar-refractivity contribution in [1.29, 1.82) is 0 Å². The van der Waals surface area contributed by atoms with Crippen molar-refractivity contribution >= 4 is 11.6 Å². The monoisotopic (exact) mass is 284 g/mol. The Morgan fingerprint density at radius 1 is 1.05 bits per heavy atom. The van der Waals surface area contributed by atoms with Gasteiger partial charge in [0.05, 0.1) is 5.38 Å². The van der Waals surface area contributed by atoms with Gasteiger partial charge in [0.2, 0.25) is 0 Å². The quantitative estimate of drug-likeness (QED) is 0.553. The van der Waals surface area contributed by atoms with E-state index in [4.69, 9.17) is 11.6 Å². The summed E-state index contributed by atoms with van der Waals surface area (Å²) in [5.74, 6) is -3.90. The number of hydrogen-bond acceptors (Lipinski definition) is 0. The maximum absolute atomic E-state index is 13.1. The average Bonchev–Trinajstić information content (AvgIpc) is 2.35. The summed E-state index contributed by atoms with van der Waals surface area (Å²) < 4.78 is 39.1. The molecule has 4 heteroatoms. The van der Waals surface area contributed by atoms with Gasteiger partial charge in [0.1, 0.15) is 0 Å². The highest BCUT2D eigenvalue weighted by Crippen LogP contribution is 2.27. The van der Waals surface area contributed by atoms with Gasteiger partial charge in [0.15, 0.2) is 17.5 Å². The van der Waals surface area contributed by atoms with E-state index in [0.29, 0.717) is 6.42 Å². The van der Waals surface area contributed by atoms with Gasteiger partial charge in [-0.25, -0.2) is 13.2 Å². The predicted octanol–water partition coefficient (Wildman–Crippen LogP) is 4.93. The lowest BCUT2D eigenvalue weighted by atomic mass is 10.0. The Morgan fingerprint density at radius 2 is 1.68 bits per heavy atom. The number of aryl methyl sites for hydroxylation is 1. The molecule has 2 rings (SSSR count). The molecule has 0 amide bonds. The Bertz CT molecular complexity index is 573. The van der Waals surface area contributed by atoms with Crippen LogP contribution < -0.4 is 0 Å². The Kier molecular flexibility index (Phi) is 4.15. The third-order valence-electron chi connectivity index (χ3n) is 2.87. The largest absolute Gasteiger partial charge is 0.204 e. The van der Waals surface area contributed by atoms with Gasteiger partial charge in [0, 0.05) is 0 Å². The molecule has 0 nitrogen and oxygen atoms in total. The fourth-order valence-electron chi connectivity index (χ4n) is 1.92. The van der Waals surface area contributed by atoms with Crippen LogP contribution in [-0.4, -0.2) is 0 Å². The molecule has 0 radical (unpaired) electrons. The molecule has 2 aromatic carbocycles. The van der Waals surface area contributed by atoms with Crippen molar-refractivity contribution in [2.24, 2.45) is 0 Å². The van der Waals surface area contributed by atoms with Gasteiger partial charge >= 0.3 is 0 Å². The van der Waals surface area contributed by atoms with Crippen molar-refractivity contribution in [3.8, 4) is 0 Å². The third-order valence-corrected chi connectivity index (χ3v) is 3.27. The Labute approximate surface area is 114 Å². The lowest BCUT2D eigenvalue weighted by molar-refractivity contribution is 0.445. The first-order chi connectivity index (χ1) is 8.97. The fourth-order valence-corrected chi connectivity index (χ4v) is 2.22. The summed E-state index contributed by atoms with van der Waals surface area (Å²) in [6.07, 6.45) is 0.424. The molecule has 100 valence electrons. The first-order valence-electron chi connectivity index (χ1n) is 5.81. The Morgan fingerprint density at radius 3 is 2.26 bits per heavy atom. The Hall–Kier alpha value is -1.48. The first-order valence-corrected chi connectivity index (χ1v) is 6.25. The van der Waals surface area contributed by atoms with E-state index in [0.717, 1.165) is 23.3 Å². The second-order valence-electron chi connectivity index (χ2n) is 4.46. The third kappa shape index (κ3) is 3.29. The number of hydrogen-bond donors (Lipinski definition) is 0. The summed E-state index contributed by atoms with van der Waals surface area (Å²) in [5.41, 5.74) is 2.28. The van der Waals surface area contributed by atoms with Crippen LogP contribution in [0.3, 0.4) is 0 Å². The molecule has 0 aromatic heterocycles. The van der Waals surface area contributed by atoms with Crippen LogP contribution in [0.1, 0.15) is 22.1 Å². The van der Waals surface area contributed by atoms with Crippen molar-refractivity contribution in [2.75, 3.05) is 0 Å². The van der Waals surface area contributed by atoms with E-state index in [2.05, 4.69) is 0 Å². The van der Waals surface area contributed by atoms with Gasteiger partial charge < -0.3 is 0 Å². The zero-order valence-electron chi connectivity index (χ0n) is 10.3. The number of halogens is 4. The molecule has 1 atom stereocenters. The van der Waals surface area contributed by atoms with Gasteiger partial charge in [-0.15, -0.1) is 11.6 Å². The van der Waals surface area contributed by atoms with E-state index >= 15 is 0 Å². The maximum Gasteiger partial charge on any atom is 0.194 e. The van der Waals surface area contributed by atoms with Gasteiger partial charge in [-0.05, 0) is 36.6 Å². The second kappa shape index (κ2) is 5.66. The van der Waals surface area contributed by atoms with Crippen molar-refractivity contribution < 1.29 is 13.2 Å². The normalized spacial score (nSPS) is 12.5. The van der Waals surface area contributed by atoms with Crippen LogP contribution in [0, 0.1) is 24.4 Å². The van der Waals surface area contributed by atoms with Crippen molar-refractivity contribution in [3.05, 3.63) is 70.5 Å². The van der Waals surface area contributed by atoms with E-state index in [1.54, 1.807) is 0 Å². The molecule has 0 aliphatic rings. The van der Waals surface area contributed by atoms with Crippen LogP contribution in [0.25, 0.3) is 0 Å². The van der Waals surface area contributed by atoms with E-state index in [1.807, 2.05) is 31.2 Å². The SMILES string of the molecule is Cc1cccc(CC(Cl)c2cc(F)c(F)c(F)c2)c1. The van der Waals surface area contributed by atoms with Crippen molar-refractivity contribution in [1.82, 2.24) is 0 Å². The molecule has 2 aromatic rings. The summed E-state index contributed by atoms with van der Waals surface area (Å²) in [5, 5.41) is -0.605. The number of alkyl halides is 1. The minimum absolute atomic E-state index is 0.236. The molecule has 1 unspecified atom stereocenters. The zero-order chi connectivity index (χ0) is 14.0. The van der Waals surface area contributed by atoms with Gasteiger partial charge in [0.25, 0.3) is 0 Å². The molecule has 0 spiro atoms. The van der Waals surface area contributed by atoms with Crippen LogP contribution in [0.4, 0.5) is 13.2 Å². The van der Waals surface area contributed by atoms with Crippen LogP contribution in [0.2, 0.25) is 0 Å². The van der Waals surface area contributed by atoms with Crippen molar-refractivity contribution in [3.63, 3.8) is 0 Å². The standard InChI is InChI=1S/C15H12ClF3/c1-9-3-2-4-10(5-9)6-12(16)11-7-13(17)15(19)14(18)8-11/h2-5,7-8,12H,6H2,1H3. The molecule has 0 heterocycles. The van der Waals surface area contributed by atoms with Crippen LogP contribution in [-0.2, 0) is 6.42 Å². The minimum atomic E-state index is -1.47. The van der Waals surface area contributed by atoms with E-state index < -0.39 is 22.8 Å². The molecule has 0 aliphatic heterocycles. The van der Waals surface area contributed by atoms with Crippen LogP contribution >= 0.6 is 11.6 Å². The lowest BCUT2D eigenvalue weighted by Gasteiger charge is -2.11. The maximum atomic E-state index is 13.1. The first kappa shape index (κ1) is 13.9. The van der Waals surface area contributed by atoms with Gasteiger partial charge in [-0.2, -0.15) is 0 Å². The number of rotatable bonds is 3. The highest BCUT2D eigenvalue weighted by atomic mass is 35.5. The molecule has 0 saturated heterocycles. The smallest absolute Gasteiger partial charge is 0.194 e. The number of benzene rings is 2. The molecule has 0 bridgehead atoms. The van der Waals surface area contributed by atoms with E-state index in [9.17, 15) is 13.2 Å². The summed E-state index contributed by atoms with van der Waals surface area (Å²) in [6.45, 7) is 1.95. The highest BCUT2D eigenvalue weighted by molar-refractivity contribution is 6.20. The summed E-state index contributed by atoms with van der Waals surface area (Å²) >= 11 is 6.13. The minimum Gasteiger partial charge on any atom is -0.204 e. The fraction of sp³-hybridized carbons (Fsp3) is 0.200. The molecular weight excluding hydrogens is 273 g/mol. The molecule has 0 fully saturated rings. The van der Waals surface area contributed by atoms with Gasteiger partial charge in [-0.1, -0.05) is 29.8 Å². The summed E-state index contributed by atoms with van der Waals surface area (Å²) in [7, 11) is 0. The van der Waals surface area contributed by atoms with Crippen LogP contribution in [0.15, 0.2) is 36.4 Å². The second-order valence-corrected chi connectivity index (χ2v) is 4.99. The van der Waals surface area contributed by atoms with Gasteiger partial charge in [-0.3, -0.25) is 0 Å². The summed E-state index contributed by atoms with van der Waals surface area (Å²) in [4.78, 5) is 0. The molecule has 0 N–H and O–H groups in total. The van der Waals surface area contributed by atoms with E-state index in [-0.39, 0.29) is 5.56 Å². The zero-order valence-corrected chi connectivity index (χ0v) is 11.0. The molecule has 19 heavy (non-hydrogen) atoms. The Balaban J connectivity index is 2.23.